The summed E-state index contributed by atoms with van der Waals surface area (Å²) in [6.45, 7) is 1.00. The molecule has 22 heavy (non-hydrogen) atoms. The van der Waals surface area contributed by atoms with Gasteiger partial charge in [-0.15, -0.1) is 12.4 Å². The van der Waals surface area contributed by atoms with Gasteiger partial charge in [0.25, 0.3) is 5.91 Å². The van der Waals surface area contributed by atoms with Crippen LogP contribution in [0.3, 0.4) is 0 Å². The lowest BCUT2D eigenvalue weighted by Crippen LogP contribution is -2.39. The Morgan fingerprint density at radius 2 is 1.82 bits per heavy atom. The molecule has 0 spiro atoms. The number of rotatable bonds is 1. The molecule has 1 aromatic carbocycles. The highest BCUT2D eigenvalue weighted by Gasteiger charge is 2.37. The maximum atomic E-state index is 13.0. The first-order chi connectivity index (χ1) is 9.95. The highest BCUT2D eigenvalue weighted by atomic mass is 35.5. The van der Waals surface area contributed by atoms with Crippen LogP contribution in [0.4, 0.5) is 13.2 Å². The van der Waals surface area contributed by atoms with Gasteiger partial charge in [-0.05, 0) is 31.4 Å². The maximum Gasteiger partial charge on any atom is 0.417 e. The third-order valence-electron chi connectivity index (χ3n) is 4.27. The molecule has 3 rings (SSSR count). The van der Waals surface area contributed by atoms with Crippen LogP contribution < -0.4 is 5.32 Å². The van der Waals surface area contributed by atoms with E-state index in [1.165, 1.54) is 18.2 Å². The Hall–Kier alpha value is -1.27. The zero-order valence-corrected chi connectivity index (χ0v) is 12.7. The average Bonchev–Trinajstić information content (AvgIpc) is 2.77. The summed E-state index contributed by atoms with van der Waals surface area (Å²) in [6.07, 6.45) is -1.63. The lowest BCUT2D eigenvalue weighted by molar-refractivity contribution is -0.138. The van der Waals surface area contributed by atoms with Crippen LogP contribution in [0.5, 0.6) is 0 Å². The fourth-order valence-electron chi connectivity index (χ4n) is 3.21. The van der Waals surface area contributed by atoms with Crippen LogP contribution >= 0.6 is 12.4 Å². The Morgan fingerprint density at radius 1 is 1.14 bits per heavy atom. The zero-order chi connectivity index (χ0) is 15.0. The Labute approximate surface area is 133 Å². The zero-order valence-electron chi connectivity index (χ0n) is 11.9. The molecule has 122 valence electrons. The van der Waals surface area contributed by atoms with Crippen molar-refractivity contribution in [3.63, 3.8) is 0 Å². The van der Waals surface area contributed by atoms with Gasteiger partial charge in [0, 0.05) is 25.2 Å². The second-order valence-corrected chi connectivity index (χ2v) is 5.72. The molecule has 1 amide bonds. The van der Waals surface area contributed by atoms with Crippen molar-refractivity contribution in [1.29, 1.82) is 0 Å². The van der Waals surface area contributed by atoms with E-state index in [4.69, 9.17) is 0 Å². The molecule has 2 heterocycles. The number of likely N-dealkylation sites (tertiary alicyclic amines) is 1. The van der Waals surface area contributed by atoms with Gasteiger partial charge in [0.05, 0.1) is 11.1 Å². The van der Waals surface area contributed by atoms with Crippen molar-refractivity contribution in [2.45, 2.75) is 37.5 Å². The fourth-order valence-corrected chi connectivity index (χ4v) is 3.21. The molecule has 1 aromatic rings. The number of carbonyl (C=O) groups excluding carboxylic acids is 1. The second kappa shape index (κ2) is 6.46. The summed E-state index contributed by atoms with van der Waals surface area (Å²) in [5.74, 6) is -0.516. The predicted octanol–water partition coefficient (Wildman–Crippen LogP) is 3.09. The van der Waals surface area contributed by atoms with E-state index in [2.05, 4.69) is 5.32 Å². The third-order valence-corrected chi connectivity index (χ3v) is 4.27. The summed E-state index contributed by atoms with van der Waals surface area (Å²) >= 11 is 0. The van der Waals surface area contributed by atoms with Crippen molar-refractivity contribution in [3.8, 4) is 0 Å². The average molecular weight is 335 g/mol. The minimum atomic E-state index is -4.50. The summed E-state index contributed by atoms with van der Waals surface area (Å²) in [7, 11) is 0. The molecule has 2 aliphatic heterocycles. The van der Waals surface area contributed by atoms with Crippen LogP contribution in [-0.4, -0.2) is 36.0 Å². The minimum Gasteiger partial charge on any atom is -0.337 e. The van der Waals surface area contributed by atoms with Crippen molar-refractivity contribution < 1.29 is 18.0 Å². The van der Waals surface area contributed by atoms with Crippen LogP contribution in [0.1, 0.15) is 35.2 Å². The van der Waals surface area contributed by atoms with Crippen LogP contribution in [0.15, 0.2) is 24.3 Å². The normalized spacial score (nSPS) is 24.6. The molecular formula is C15H18ClF3N2O. The molecular weight excluding hydrogens is 317 g/mol. The van der Waals surface area contributed by atoms with Gasteiger partial charge in [0.2, 0.25) is 0 Å². The number of benzene rings is 1. The molecule has 2 saturated heterocycles. The molecule has 2 fully saturated rings. The van der Waals surface area contributed by atoms with Gasteiger partial charge in [-0.3, -0.25) is 4.79 Å². The highest BCUT2D eigenvalue weighted by Crippen LogP contribution is 2.33. The van der Waals surface area contributed by atoms with Crippen LogP contribution in [0.2, 0.25) is 0 Å². The van der Waals surface area contributed by atoms with Crippen molar-refractivity contribution >= 4 is 18.3 Å². The number of halogens is 4. The van der Waals surface area contributed by atoms with Gasteiger partial charge in [0.15, 0.2) is 0 Å². The lowest BCUT2D eigenvalue weighted by Gasteiger charge is -2.25. The van der Waals surface area contributed by atoms with Crippen molar-refractivity contribution in [1.82, 2.24) is 10.2 Å². The first-order valence-corrected chi connectivity index (χ1v) is 7.16. The number of nitrogens with zero attached hydrogens (tertiary/aromatic N) is 1. The van der Waals surface area contributed by atoms with E-state index < -0.39 is 17.6 Å². The largest absolute Gasteiger partial charge is 0.417 e. The molecule has 7 heteroatoms. The van der Waals surface area contributed by atoms with Gasteiger partial charge in [-0.1, -0.05) is 12.1 Å². The van der Waals surface area contributed by atoms with E-state index in [1.54, 1.807) is 4.90 Å². The predicted molar refractivity (Wildman–Crippen MR) is 79.2 cm³/mol. The van der Waals surface area contributed by atoms with E-state index in [0.29, 0.717) is 19.1 Å². The summed E-state index contributed by atoms with van der Waals surface area (Å²) < 4.78 is 39.1. The SMILES string of the molecule is Cl.O=C(c1ccccc1C(F)(F)F)N1CCC2CCC(C1)N2. The lowest BCUT2D eigenvalue weighted by atomic mass is 10.0. The van der Waals surface area contributed by atoms with Crippen molar-refractivity contribution in [3.05, 3.63) is 35.4 Å². The Bertz CT molecular complexity index is 550. The van der Waals surface area contributed by atoms with E-state index in [-0.39, 0.29) is 24.0 Å². The van der Waals surface area contributed by atoms with E-state index in [1.807, 2.05) is 0 Å². The van der Waals surface area contributed by atoms with Crippen LogP contribution in [0.25, 0.3) is 0 Å². The van der Waals surface area contributed by atoms with Crippen LogP contribution in [-0.2, 0) is 6.18 Å². The van der Waals surface area contributed by atoms with Gasteiger partial charge in [0.1, 0.15) is 0 Å². The second-order valence-electron chi connectivity index (χ2n) is 5.72. The number of nitrogens with one attached hydrogen (secondary N) is 1. The molecule has 3 nitrogen and oxygen atoms in total. The maximum absolute atomic E-state index is 13.0. The van der Waals surface area contributed by atoms with Gasteiger partial charge in [-0.25, -0.2) is 0 Å². The molecule has 1 N–H and O–H groups in total. The number of carbonyl (C=O) groups is 1. The Balaban J connectivity index is 0.00000176. The van der Waals surface area contributed by atoms with E-state index in [9.17, 15) is 18.0 Å². The summed E-state index contributed by atoms with van der Waals surface area (Å²) in [4.78, 5) is 14.1. The Morgan fingerprint density at radius 3 is 2.55 bits per heavy atom. The minimum absolute atomic E-state index is 0. The van der Waals surface area contributed by atoms with Crippen molar-refractivity contribution in [2.75, 3.05) is 13.1 Å². The standard InChI is InChI=1S/C15H17F3N2O.ClH/c16-15(17,18)13-4-2-1-3-12(13)14(21)20-8-7-10-5-6-11(9-20)19-10;/h1-4,10-11,19H,5-9H2;1H. The molecule has 2 atom stereocenters. The molecule has 2 aliphatic rings. The van der Waals surface area contributed by atoms with Gasteiger partial charge in [-0.2, -0.15) is 13.2 Å². The number of amides is 1. The summed E-state index contributed by atoms with van der Waals surface area (Å²) in [6, 6.07) is 5.62. The fraction of sp³-hybridized carbons (Fsp3) is 0.533. The highest BCUT2D eigenvalue weighted by molar-refractivity contribution is 5.96. The number of hydrogen-bond donors (Lipinski definition) is 1. The molecule has 0 saturated carbocycles. The number of alkyl halides is 3. The summed E-state index contributed by atoms with van der Waals surface area (Å²) in [5, 5.41) is 3.42. The van der Waals surface area contributed by atoms with Gasteiger partial charge >= 0.3 is 6.18 Å². The topological polar surface area (TPSA) is 32.3 Å². The molecule has 2 unspecified atom stereocenters. The summed E-state index contributed by atoms with van der Waals surface area (Å²) in [5.41, 5.74) is -1.10. The molecule has 0 radical (unpaired) electrons. The monoisotopic (exact) mass is 334 g/mol. The number of fused-ring (bicyclic) bond motifs is 2. The van der Waals surface area contributed by atoms with Crippen molar-refractivity contribution in [2.24, 2.45) is 0 Å². The van der Waals surface area contributed by atoms with Crippen LogP contribution in [0, 0.1) is 0 Å². The molecule has 0 aliphatic carbocycles. The van der Waals surface area contributed by atoms with E-state index >= 15 is 0 Å². The third kappa shape index (κ3) is 3.38. The number of hydrogen-bond acceptors (Lipinski definition) is 2. The van der Waals surface area contributed by atoms with E-state index in [0.717, 1.165) is 25.3 Å². The first-order valence-electron chi connectivity index (χ1n) is 7.16. The Kier molecular flexibility index (Phi) is 5.02. The molecule has 0 aromatic heterocycles. The molecule has 2 bridgehead atoms. The first kappa shape index (κ1) is 17.1. The van der Waals surface area contributed by atoms with Gasteiger partial charge < -0.3 is 10.2 Å². The quantitative estimate of drug-likeness (QED) is 0.856. The smallest absolute Gasteiger partial charge is 0.337 e.